The van der Waals surface area contributed by atoms with Crippen LogP contribution in [0.4, 0.5) is 0 Å². The van der Waals surface area contributed by atoms with E-state index in [4.69, 9.17) is 4.74 Å². The molecule has 0 aromatic rings. The maximum Gasteiger partial charge on any atom is 0.267 e. The van der Waals surface area contributed by atoms with Gasteiger partial charge in [-0.1, -0.05) is 0 Å². The number of nitrogens with zero attached hydrogens (tertiary/aromatic N) is 2. The van der Waals surface area contributed by atoms with Crippen LogP contribution in [0, 0.1) is 0 Å². The van der Waals surface area contributed by atoms with Gasteiger partial charge in [-0.2, -0.15) is 5.10 Å². The number of nitrogens with one attached hydrogen (secondary N) is 1. The summed E-state index contributed by atoms with van der Waals surface area (Å²) < 4.78 is 5.48. The van der Waals surface area contributed by atoms with Crippen molar-refractivity contribution in [2.45, 2.75) is 38.2 Å². The SMILES string of the molecule is CN1N=C(C(=O)NCC[C@H]2CCCO2)CCC1=O. The van der Waals surface area contributed by atoms with Gasteiger partial charge in [-0.15, -0.1) is 0 Å². The molecule has 0 bridgehead atoms. The van der Waals surface area contributed by atoms with Crippen LogP contribution in [0.25, 0.3) is 0 Å². The van der Waals surface area contributed by atoms with Crippen molar-refractivity contribution in [1.82, 2.24) is 10.3 Å². The Morgan fingerprint density at radius 3 is 3.06 bits per heavy atom. The summed E-state index contributed by atoms with van der Waals surface area (Å²) in [4.78, 5) is 23.0. The van der Waals surface area contributed by atoms with Crippen LogP contribution in [0.1, 0.15) is 32.1 Å². The fraction of sp³-hybridized carbons (Fsp3) is 0.750. The number of amides is 2. The first-order valence-electron chi connectivity index (χ1n) is 6.40. The Hall–Kier alpha value is -1.43. The van der Waals surface area contributed by atoms with Gasteiger partial charge in [0.15, 0.2) is 0 Å². The Morgan fingerprint density at radius 2 is 2.39 bits per heavy atom. The van der Waals surface area contributed by atoms with Crippen LogP contribution in [0.5, 0.6) is 0 Å². The average molecular weight is 253 g/mol. The molecule has 2 aliphatic rings. The standard InChI is InChI=1S/C12H19N3O3/c1-15-11(16)5-4-10(14-15)12(17)13-7-6-9-3-2-8-18-9/h9H,2-8H2,1H3,(H,13,17)/t9-/m1/s1. The monoisotopic (exact) mass is 253 g/mol. The van der Waals surface area contributed by atoms with E-state index in [2.05, 4.69) is 10.4 Å². The fourth-order valence-electron chi connectivity index (χ4n) is 2.15. The molecule has 100 valence electrons. The lowest BCUT2D eigenvalue weighted by molar-refractivity contribution is -0.130. The van der Waals surface area contributed by atoms with Gasteiger partial charge in [-0.25, -0.2) is 5.01 Å². The Balaban J connectivity index is 1.74. The molecule has 2 heterocycles. The number of carbonyl (C=O) groups is 2. The average Bonchev–Trinajstić information content (AvgIpc) is 2.85. The van der Waals surface area contributed by atoms with Crippen LogP contribution in [0.3, 0.4) is 0 Å². The van der Waals surface area contributed by atoms with Crippen LogP contribution in [0.15, 0.2) is 5.10 Å². The lowest BCUT2D eigenvalue weighted by Gasteiger charge is -2.19. The molecule has 6 heteroatoms. The predicted molar refractivity (Wildman–Crippen MR) is 66.0 cm³/mol. The van der Waals surface area contributed by atoms with E-state index in [-0.39, 0.29) is 17.9 Å². The third-order valence-corrected chi connectivity index (χ3v) is 3.25. The van der Waals surface area contributed by atoms with Crippen LogP contribution >= 0.6 is 0 Å². The van der Waals surface area contributed by atoms with E-state index in [0.29, 0.717) is 25.1 Å². The minimum Gasteiger partial charge on any atom is -0.378 e. The van der Waals surface area contributed by atoms with E-state index in [1.165, 1.54) is 5.01 Å². The minimum atomic E-state index is -0.174. The first-order chi connectivity index (χ1) is 8.66. The van der Waals surface area contributed by atoms with Gasteiger partial charge >= 0.3 is 0 Å². The number of carbonyl (C=O) groups excluding carboxylic acids is 2. The normalized spacial score (nSPS) is 24.1. The molecule has 0 aromatic heterocycles. The van der Waals surface area contributed by atoms with Crippen molar-refractivity contribution in [1.29, 1.82) is 0 Å². The van der Waals surface area contributed by atoms with Crippen molar-refractivity contribution in [2.24, 2.45) is 5.10 Å². The molecule has 6 nitrogen and oxygen atoms in total. The Kier molecular flexibility index (Phi) is 4.30. The molecule has 0 aliphatic carbocycles. The molecule has 2 rings (SSSR count). The highest BCUT2D eigenvalue weighted by Crippen LogP contribution is 2.14. The molecule has 0 spiro atoms. The third kappa shape index (κ3) is 3.29. The Morgan fingerprint density at radius 1 is 1.56 bits per heavy atom. The molecular weight excluding hydrogens is 234 g/mol. The number of hydrogen-bond donors (Lipinski definition) is 1. The molecule has 0 saturated carbocycles. The molecule has 1 fully saturated rings. The largest absolute Gasteiger partial charge is 0.378 e. The van der Waals surface area contributed by atoms with E-state index in [9.17, 15) is 9.59 Å². The molecular formula is C12H19N3O3. The molecule has 2 aliphatic heterocycles. The summed E-state index contributed by atoms with van der Waals surface area (Å²) in [7, 11) is 1.57. The van der Waals surface area contributed by atoms with Crippen molar-refractivity contribution >= 4 is 17.5 Å². The van der Waals surface area contributed by atoms with Crippen LogP contribution in [-0.4, -0.2) is 48.8 Å². The highest BCUT2D eigenvalue weighted by molar-refractivity contribution is 6.39. The predicted octanol–water partition coefficient (Wildman–Crippen LogP) is 0.280. The topological polar surface area (TPSA) is 71.0 Å². The lowest BCUT2D eigenvalue weighted by Crippen LogP contribution is -2.38. The van der Waals surface area contributed by atoms with Crippen molar-refractivity contribution in [2.75, 3.05) is 20.2 Å². The number of ether oxygens (including phenoxy) is 1. The van der Waals surface area contributed by atoms with E-state index in [0.717, 1.165) is 25.9 Å². The van der Waals surface area contributed by atoms with Crippen LogP contribution in [-0.2, 0) is 14.3 Å². The molecule has 1 N–H and O–H groups in total. The molecule has 1 atom stereocenters. The van der Waals surface area contributed by atoms with Gasteiger partial charge < -0.3 is 10.1 Å². The van der Waals surface area contributed by atoms with Gasteiger partial charge in [-0.3, -0.25) is 9.59 Å². The summed E-state index contributed by atoms with van der Waals surface area (Å²) in [5, 5.41) is 8.03. The quantitative estimate of drug-likeness (QED) is 0.782. The van der Waals surface area contributed by atoms with Crippen molar-refractivity contribution in [3.8, 4) is 0 Å². The van der Waals surface area contributed by atoms with Gasteiger partial charge in [0.2, 0.25) is 5.91 Å². The summed E-state index contributed by atoms with van der Waals surface area (Å²) in [6, 6.07) is 0. The molecule has 2 amide bonds. The summed E-state index contributed by atoms with van der Waals surface area (Å²) in [5.41, 5.74) is 0.435. The van der Waals surface area contributed by atoms with Gasteiger partial charge in [-0.05, 0) is 19.3 Å². The van der Waals surface area contributed by atoms with E-state index in [1.54, 1.807) is 7.05 Å². The summed E-state index contributed by atoms with van der Waals surface area (Å²) >= 11 is 0. The zero-order valence-electron chi connectivity index (χ0n) is 10.6. The Labute approximate surface area is 106 Å². The maximum absolute atomic E-state index is 11.8. The Bertz CT molecular complexity index is 362. The molecule has 0 unspecified atom stereocenters. The molecule has 0 radical (unpaired) electrons. The first-order valence-corrected chi connectivity index (χ1v) is 6.40. The highest BCUT2D eigenvalue weighted by atomic mass is 16.5. The lowest BCUT2D eigenvalue weighted by atomic mass is 10.1. The second-order valence-electron chi connectivity index (χ2n) is 4.64. The zero-order valence-corrected chi connectivity index (χ0v) is 10.6. The van der Waals surface area contributed by atoms with Crippen molar-refractivity contribution < 1.29 is 14.3 Å². The first kappa shape index (κ1) is 13.0. The van der Waals surface area contributed by atoms with Gasteiger partial charge in [0.1, 0.15) is 5.71 Å². The highest BCUT2D eigenvalue weighted by Gasteiger charge is 2.22. The zero-order chi connectivity index (χ0) is 13.0. The molecule has 18 heavy (non-hydrogen) atoms. The van der Waals surface area contributed by atoms with Crippen LogP contribution in [0.2, 0.25) is 0 Å². The van der Waals surface area contributed by atoms with E-state index in [1.807, 2.05) is 0 Å². The van der Waals surface area contributed by atoms with Crippen molar-refractivity contribution in [3.05, 3.63) is 0 Å². The fourth-order valence-corrected chi connectivity index (χ4v) is 2.15. The van der Waals surface area contributed by atoms with Crippen LogP contribution < -0.4 is 5.32 Å². The molecule has 0 aromatic carbocycles. The number of hydrogen-bond acceptors (Lipinski definition) is 4. The summed E-state index contributed by atoms with van der Waals surface area (Å²) in [6.07, 6.45) is 4.09. The second-order valence-corrected chi connectivity index (χ2v) is 4.64. The maximum atomic E-state index is 11.8. The van der Waals surface area contributed by atoms with Crippen molar-refractivity contribution in [3.63, 3.8) is 0 Å². The van der Waals surface area contributed by atoms with E-state index >= 15 is 0 Å². The third-order valence-electron chi connectivity index (χ3n) is 3.25. The summed E-state index contributed by atoms with van der Waals surface area (Å²) in [6.45, 7) is 1.43. The van der Waals surface area contributed by atoms with E-state index < -0.39 is 0 Å². The van der Waals surface area contributed by atoms with Gasteiger partial charge in [0.25, 0.3) is 5.91 Å². The second kappa shape index (κ2) is 5.95. The summed E-state index contributed by atoms with van der Waals surface area (Å²) in [5.74, 6) is -0.224. The molecule has 1 saturated heterocycles. The smallest absolute Gasteiger partial charge is 0.267 e. The number of hydrazone groups is 1. The number of rotatable bonds is 4. The van der Waals surface area contributed by atoms with Gasteiger partial charge in [0.05, 0.1) is 6.10 Å². The minimum absolute atomic E-state index is 0.0501. The van der Waals surface area contributed by atoms with Gasteiger partial charge in [0, 0.05) is 33.0 Å².